The molecule has 1 aliphatic rings. The number of aromatic nitrogens is 2. The van der Waals surface area contributed by atoms with E-state index in [-0.39, 0.29) is 23.7 Å². The fraction of sp³-hybridized carbons (Fsp3) is 0.455. The van der Waals surface area contributed by atoms with E-state index in [1.54, 1.807) is 35.2 Å². The van der Waals surface area contributed by atoms with Crippen LogP contribution in [0.3, 0.4) is 0 Å². The Balaban J connectivity index is 1.57. The highest BCUT2D eigenvalue weighted by molar-refractivity contribution is 7.99. The summed E-state index contributed by atoms with van der Waals surface area (Å²) < 4.78 is 0. The van der Waals surface area contributed by atoms with Gasteiger partial charge in [-0.2, -0.15) is 0 Å². The first-order valence-corrected chi connectivity index (χ1v) is 12.6. The molecule has 1 saturated heterocycles. The van der Waals surface area contributed by atoms with E-state index in [0.717, 1.165) is 12.8 Å². The SMILES string of the molecule is CCCCNC(=O)CSc1nc(Cl)cc(N2CCN(C(=O)Nc3cccc(Cl)c3)[C@H](C)C2)n1. The number of nitrogens with one attached hydrogen (secondary N) is 2. The van der Waals surface area contributed by atoms with Crippen LogP contribution in [-0.4, -0.2) is 64.8 Å². The van der Waals surface area contributed by atoms with Crippen LogP contribution in [0.4, 0.5) is 16.3 Å². The first kappa shape index (κ1) is 25.4. The van der Waals surface area contributed by atoms with Crippen molar-refractivity contribution in [1.29, 1.82) is 0 Å². The first-order valence-electron chi connectivity index (χ1n) is 10.9. The molecular weight excluding hydrogens is 483 g/mol. The van der Waals surface area contributed by atoms with E-state index in [0.29, 0.717) is 53.0 Å². The number of benzene rings is 1. The second-order valence-electron chi connectivity index (χ2n) is 7.75. The molecule has 0 bridgehead atoms. The summed E-state index contributed by atoms with van der Waals surface area (Å²) in [4.78, 5) is 37.4. The number of urea groups is 1. The minimum atomic E-state index is -0.171. The first-order chi connectivity index (χ1) is 15.9. The quantitative estimate of drug-likeness (QED) is 0.234. The summed E-state index contributed by atoms with van der Waals surface area (Å²) in [5.74, 6) is 0.870. The van der Waals surface area contributed by atoms with E-state index in [4.69, 9.17) is 23.2 Å². The molecule has 0 unspecified atom stereocenters. The lowest BCUT2D eigenvalue weighted by Crippen LogP contribution is -2.55. The maximum atomic E-state index is 12.7. The minimum Gasteiger partial charge on any atom is -0.355 e. The van der Waals surface area contributed by atoms with Crippen molar-refractivity contribution >= 4 is 58.4 Å². The van der Waals surface area contributed by atoms with Crippen LogP contribution < -0.4 is 15.5 Å². The van der Waals surface area contributed by atoms with Crippen molar-refractivity contribution in [3.63, 3.8) is 0 Å². The minimum absolute atomic E-state index is 0.0490. The van der Waals surface area contributed by atoms with Crippen LogP contribution in [0.2, 0.25) is 10.2 Å². The summed E-state index contributed by atoms with van der Waals surface area (Å²) in [5, 5.41) is 7.12. The predicted molar refractivity (Wildman–Crippen MR) is 135 cm³/mol. The predicted octanol–water partition coefficient (Wildman–Crippen LogP) is 4.53. The molecule has 1 atom stereocenters. The Hall–Kier alpha value is -2.23. The van der Waals surface area contributed by atoms with Crippen LogP contribution in [-0.2, 0) is 4.79 Å². The zero-order valence-electron chi connectivity index (χ0n) is 18.7. The van der Waals surface area contributed by atoms with Gasteiger partial charge in [-0.3, -0.25) is 4.79 Å². The van der Waals surface area contributed by atoms with Gasteiger partial charge in [0.15, 0.2) is 5.16 Å². The highest BCUT2D eigenvalue weighted by atomic mass is 35.5. The zero-order chi connectivity index (χ0) is 23.8. The molecule has 1 aromatic heterocycles. The summed E-state index contributed by atoms with van der Waals surface area (Å²) in [6.07, 6.45) is 1.98. The highest BCUT2D eigenvalue weighted by Crippen LogP contribution is 2.24. The number of anilines is 2. The van der Waals surface area contributed by atoms with Crippen LogP contribution in [0.5, 0.6) is 0 Å². The maximum absolute atomic E-state index is 12.7. The van der Waals surface area contributed by atoms with Gasteiger partial charge in [0.05, 0.1) is 5.75 Å². The van der Waals surface area contributed by atoms with Gasteiger partial charge in [-0.15, -0.1) is 0 Å². The van der Waals surface area contributed by atoms with Crippen LogP contribution in [0.1, 0.15) is 26.7 Å². The van der Waals surface area contributed by atoms with Gasteiger partial charge in [0.1, 0.15) is 11.0 Å². The molecule has 11 heteroatoms. The highest BCUT2D eigenvalue weighted by Gasteiger charge is 2.28. The van der Waals surface area contributed by atoms with E-state index in [2.05, 4.69) is 32.4 Å². The zero-order valence-corrected chi connectivity index (χ0v) is 21.0. The van der Waals surface area contributed by atoms with Gasteiger partial charge in [-0.05, 0) is 31.5 Å². The third kappa shape index (κ3) is 7.65. The lowest BCUT2D eigenvalue weighted by atomic mass is 10.2. The van der Waals surface area contributed by atoms with E-state index in [9.17, 15) is 9.59 Å². The number of carbonyl (C=O) groups is 2. The lowest BCUT2D eigenvalue weighted by molar-refractivity contribution is -0.118. The van der Waals surface area contributed by atoms with E-state index < -0.39 is 0 Å². The topological polar surface area (TPSA) is 90.5 Å². The molecule has 2 N–H and O–H groups in total. The molecular formula is C22H28Cl2N6O2S. The molecule has 3 rings (SSSR count). The number of hydrogen-bond acceptors (Lipinski definition) is 6. The molecule has 0 spiro atoms. The second kappa shape index (κ2) is 12.3. The smallest absolute Gasteiger partial charge is 0.322 e. The van der Waals surface area contributed by atoms with Crippen molar-refractivity contribution < 1.29 is 9.59 Å². The molecule has 178 valence electrons. The molecule has 1 aliphatic heterocycles. The van der Waals surface area contributed by atoms with Crippen LogP contribution in [0.25, 0.3) is 0 Å². The second-order valence-corrected chi connectivity index (χ2v) is 9.52. The average molecular weight is 511 g/mol. The molecule has 33 heavy (non-hydrogen) atoms. The summed E-state index contributed by atoms with van der Waals surface area (Å²) in [6, 6.07) is 8.56. The number of piperazine rings is 1. The van der Waals surface area contributed by atoms with E-state index in [1.165, 1.54) is 11.8 Å². The summed E-state index contributed by atoms with van der Waals surface area (Å²) in [6.45, 7) is 6.46. The standard InChI is InChI=1S/C22H28Cl2N6O2S/c1-3-4-8-25-20(31)14-33-21-27-18(24)12-19(28-21)29-9-10-30(15(2)13-29)22(32)26-17-7-5-6-16(23)11-17/h5-7,11-12,15H,3-4,8-10,13-14H2,1-2H3,(H,25,31)(H,26,32)/t15-/m1/s1. The van der Waals surface area contributed by atoms with Crippen molar-refractivity contribution in [2.24, 2.45) is 0 Å². The molecule has 0 radical (unpaired) electrons. The number of thioether (sulfide) groups is 1. The fourth-order valence-corrected chi connectivity index (χ4v) is 4.53. The molecule has 1 fully saturated rings. The van der Waals surface area contributed by atoms with Gasteiger partial charge in [-0.1, -0.05) is 54.4 Å². The maximum Gasteiger partial charge on any atom is 0.322 e. The Kier molecular flexibility index (Phi) is 9.46. The summed E-state index contributed by atoms with van der Waals surface area (Å²) in [7, 11) is 0. The molecule has 2 aromatic rings. The van der Waals surface area contributed by atoms with Gasteiger partial charge in [0.2, 0.25) is 5.91 Å². The fourth-order valence-electron chi connectivity index (χ4n) is 3.43. The number of amides is 3. The van der Waals surface area contributed by atoms with E-state index >= 15 is 0 Å². The van der Waals surface area contributed by atoms with Crippen molar-refractivity contribution in [2.45, 2.75) is 37.9 Å². The Morgan fingerprint density at radius 2 is 2.03 bits per heavy atom. The molecule has 2 heterocycles. The number of carbonyl (C=O) groups excluding carboxylic acids is 2. The number of rotatable bonds is 8. The Bertz CT molecular complexity index is 980. The lowest BCUT2D eigenvalue weighted by Gasteiger charge is -2.40. The van der Waals surface area contributed by atoms with Crippen LogP contribution in [0, 0.1) is 0 Å². The van der Waals surface area contributed by atoms with Crippen molar-refractivity contribution in [2.75, 3.05) is 42.1 Å². The van der Waals surface area contributed by atoms with Crippen molar-refractivity contribution in [1.82, 2.24) is 20.2 Å². The monoisotopic (exact) mass is 510 g/mol. The number of unbranched alkanes of at least 4 members (excludes halogenated alkanes) is 1. The van der Waals surface area contributed by atoms with Gasteiger partial charge in [0.25, 0.3) is 0 Å². The Labute approximate surface area is 208 Å². The van der Waals surface area contributed by atoms with Crippen molar-refractivity contribution in [3.05, 3.63) is 40.5 Å². The summed E-state index contributed by atoms with van der Waals surface area (Å²) in [5.41, 5.74) is 0.658. The van der Waals surface area contributed by atoms with E-state index in [1.807, 2.05) is 6.92 Å². The number of halogens is 2. The molecule has 8 nitrogen and oxygen atoms in total. The van der Waals surface area contributed by atoms with Gasteiger partial charge in [0, 0.05) is 49.0 Å². The normalized spacial score (nSPS) is 15.9. The molecule has 3 amide bonds. The van der Waals surface area contributed by atoms with Crippen LogP contribution in [0.15, 0.2) is 35.5 Å². The van der Waals surface area contributed by atoms with Gasteiger partial charge in [-0.25, -0.2) is 14.8 Å². The number of nitrogens with zero attached hydrogens (tertiary/aromatic N) is 4. The van der Waals surface area contributed by atoms with Crippen molar-refractivity contribution in [3.8, 4) is 0 Å². The summed E-state index contributed by atoms with van der Waals surface area (Å²) >= 11 is 13.5. The largest absolute Gasteiger partial charge is 0.355 e. The van der Waals surface area contributed by atoms with Gasteiger partial charge >= 0.3 is 6.03 Å². The molecule has 0 aliphatic carbocycles. The third-order valence-electron chi connectivity index (χ3n) is 5.13. The molecule has 1 aromatic carbocycles. The van der Waals surface area contributed by atoms with Crippen LogP contribution >= 0.6 is 35.0 Å². The average Bonchev–Trinajstić information content (AvgIpc) is 2.77. The molecule has 0 saturated carbocycles. The third-order valence-corrected chi connectivity index (χ3v) is 6.41. The van der Waals surface area contributed by atoms with Gasteiger partial charge < -0.3 is 20.4 Å². The number of hydrogen-bond donors (Lipinski definition) is 2. The Morgan fingerprint density at radius 3 is 2.76 bits per heavy atom. The Morgan fingerprint density at radius 1 is 1.21 bits per heavy atom.